The van der Waals surface area contributed by atoms with Crippen molar-refractivity contribution in [3.05, 3.63) is 74.7 Å². The zero-order chi connectivity index (χ0) is 23.1. The number of nitrogens with one attached hydrogen (secondary N) is 3. The van der Waals surface area contributed by atoms with Gasteiger partial charge in [0.15, 0.2) is 0 Å². The Morgan fingerprint density at radius 1 is 1.15 bits per heavy atom. The number of fused-ring (bicyclic) bond motifs is 2. The Kier molecular flexibility index (Phi) is 5.54. The van der Waals surface area contributed by atoms with Crippen LogP contribution in [0.15, 0.2) is 41.4 Å². The average molecular weight is 467 g/mol. The Labute approximate surface area is 193 Å². The fraction of sp³-hybridized carbons (Fsp3) is 0.240. The first-order valence-corrected chi connectivity index (χ1v) is 11.5. The lowest BCUT2D eigenvalue weighted by Crippen LogP contribution is -2.41. The molecule has 0 spiro atoms. The largest absolute Gasteiger partial charge is 0.496 e. The van der Waals surface area contributed by atoms with Gasteiger partial charge in [-0.05, 0) is 61.7 Å². The number of ether oxygens (including phenoxy) is 1. The Bertz CT molecular complexity index is 1490. The molecule has 0 amide bonds. The van der Waals surface area contributed by atoms with Crippen LogP contribution in [0.2, 0.25) is 0 Å². The molecule has 4 aromatic rings. The van der Waals surface area contributed by atoms with Crippen molar-refractivity contribution in [2.24, 2.45) is 4.99 Å². The maximum Gasteiger partial charge on any atom is 0.147 e. The number of aromatic nitrogens is 1. The number of hydrogen-bond donors (Lipinski definition) is 3. The van der Waals surface area contributed by atoms with Gasteiger partial charge < -0.3 is 20.4 Å². The zero-order valence-electron chi connectivity index (χ0n) is 18.6. The number of halogens is 2. The van der Waals surface area contributed by atoms with Crippen molar-refractivity contribution in [3.8, 4) is 16.2 Å². The molecule has 8 heteroatoms. The van der Waals surface area contributed by atoms with Gasteiger partial charge in [-0.25, -0.2) is 8.78 Å². The molecule has 0 radical (unpaired) electrons. The molecule has 170 valence electrons. The SMILES string of the molecule is COc1ccc(F)cc1-c1cc2c(s1)=C(NCCc1c(C)[nH]c3c(F)ccc(C)c13)NCN=2. The van der Waals surface area contributed by atoms with Crippen molar-refractivity contribution in [1.82, 2.24) is 15.6 Å². The van der Waals surface area contributed by atoms with Crippen LogP contribution in [0.3, 0.4) is 0 Å². The summed E-state index contributed by atoms with van der Waals surface area (Å²) in [6, 6.07) is 9.80. The fourth-order valence-corrected chi connectivity index (χ4v) is 5.51. The molecule has 0 aliphatic carbocycles. The third-order valence-electron chi connectivity index (χ3n) is 5.98. The summed E-state index contributed by atoms with van der Waals surface area (Å²) in [5, 5.41) is 8.62. The van der Waals surface area contributed by atoms with E-state index in [9.17, 15) is 8.78 Å². The van der Waals surface area contributed by atoms with E-state index in [4.69, 9.17) is 4.74 Å². The lowest BCUT2D eigenvalue weighted by molar-refractivity contribution is 0.415. The summed E-state index contributed by atoms with van der Waals surface area (Å²) in [6.45, 7) is 5.12. The molecule has 0 bridgehead atoms. The van der Waals surface area contributed by atoms with Gasteiger partial charge in [-0.3, -0.25) is 4.99 Å². The number of aryl methyl sites for hydroxylation is 2. The highest BCUT2D eigenvalue weighted by Crippen LogP contribution is 2.32. The second-order valence-corrected chi connectivity index (χ2v) is 9.11. The summed E-state index contributed by atoms with van der Waals surface area (Å²) in [7, 11) is 1.58. The van der Waals surface area contributed by atoms with E-state index in [0.29, 0.717) is 30.0 Å². The minimum absolute atomic E-state index is 0.230. The second-order valence-electron chi connectivity index (χ2n) is 8.06. The van der Waals surface area contributed by atoms with Crippen molar-refractivity contribution >= 4 is 28.1 Å². The van der Waals surface area contributed by atoms with Crippen LogP contribution >= 0.6 is 11.3 Å². The van der Waals surface area contributed by atoms with E-state index in [1.54, 1.807) is 13.2 Å². The van der Waals surface area contributed by atoms with E-state index in [-0.39, 0.29) is 11.6 Å². The van der Waals surface area contributed by atoms with E-state index < -0.39 is 0 Å². The first kappa shape index (κ1) is 21.5. The summed E-state index contributed by atoms with van der Waals surface area (Å²) < 4.78 is 34.6. The molecule has 2 aromatic carbocycles. The standard InChI is InChI=1S/C25H24F2N4OS/c1-13-4-6-18(27)23-22(13)16(14(2)31-23)8-9-28-25-24-19(29-12-30-25)11-21(33-24)17-10-15(26)5-7-20(17)32-3/h4-7,10-11,28,30-31H,8-9,12H2,1-3H3. The third-order valence-corrected chi connectivity index (χ3v) is 7.15. The van der Waals surface area contributed by atoms with Crippen LogP contribution < -0.4 is 25.3 Å². The smallest absolute Gasteiger partial charge is 0.147 e. The van der Waals surface area contributed by atoms with Crippen molar-refractivity contribution in [1.29, 1.82) is 0 Å². The van der Waals surface area contributed by atoms with Gasteiger partial charge in [-0.2, -0.15) is 0 Å². The summed E-state index contributed by atoms with van der Waals surface area (Å²) in [4.78, 5) is 8.65. The fourth-order valence-electron chi connectivity index (χ4n) is 4.38. The first-order valence-electron chi connectivity index (χ1n) is 10.7. The van der Waals surface area contributed by atoms with Crippen LogP contribution in [0, 0.1) is 25.5 Å². The van der Waals surface area contributed by atoms with E-state index in [0.717, 1.165) is 49.2 Å². The Hall–Kier alpha value is -3.39. The maximum absolute atomic E-state index is 14.3. The molecule has 33 heavy (non-hydrogen) atoms. The summed E-state index contributed by atoms with van der Waals surface area (Å²) in [6.07, 6.45) is 0.740. The molecule has 0 atom stereocenters. The molecular formula is C25H24F2N4OS. The van der Waals surface area contributed by atoms with Crippen LogP contribution in [-0.4, -0.2) is 25.3 Å². The number of methoxy groups -OCH3 is 1. The zero-order valence-corrected chi connectivity index (χ0v) is 19.4. The number of rotatable bonds is 6. The molecule has 5 nitrogen and oxygen atoms in total. The van der Waals surface area contributed by atoms with Gasteiger partial charge >= 0.3 is 0 Å². The number of hydrogen-bond acceptors (Lipinski definition) is 5. The minimum Gasteiger partial charge on any atom is -0.496 e. The van der Waals surface area contributed by atoms with Gasteiger partial charge in [0.2, 0.25) is 0 Å². The van der Waals surface area contributed by atoms with Crippen LogP contribution in [-0.2, 0) is 6.42 Å². The Balaban J connectivity index is 1.45. The monoisotopic (exact) mass is 466 g/mol. The molecule has 0 saturated carbocycles. The van der Waals surface area contributed by atoms with E-state index >= 15 is 0 Å². The Morgan fingerprint density at radius 3 is 2.82 bits per heavy atom. The molecule has 2 aromatic heterocycles. The van der Waals surface area contributed by atoms with Gasteiger partial charge in [-0.1, -0.05) is 6.07 Å². The van der Waals surface area contributed by atoms with Crippen molar-refractivity contribution < 1.29 is 13.5 Å². The molecule has 1 aliphatic heterocycles. The van der Waals surface area contributed by atoms with E-state index in [1.807, 2.05) is 26.0 Å². The van der Waals surface area contributed by atoms with Crippen molar-refractivity contribution in [2.75, 3.05) is 20.3 Å². The van der Waals surface area contributed by atoms with Crippen molar-refractivity contribution in [3.63, 3.8) is 0 Å². The predicted molar refractivity (Wildman–Crippen MR) is 128 cm³/mol. The normalized spacial score (nSPS) is 12.9. The highest BCUT2D eigenvalue weighted by atomic mass is 32.1. The van der Waals surface area contributed by atoms with Crippen LogP contribution in [0.5, 0.6) is 5.75 Å². The predicted octanol–water partition coefficient (Wildman–Crippen LogP) is 3.88. The van der Waals surface area contributed by atoms with Gasteiger partial charge in [0.05, 0.1) is 22.5 Å². The van der Waals surface area contributed by atoms with Crippen molar-refractivity contribution in [2.45, 2.75) is 20.3 Å². The van der Waals surface area contributed by atoms with Crippen LogP contribution in [0.1, 0.15) is 16.8 Å². The summed E-state index contributed by atoms with van der Waals surface area (Å²) >= 11 is 1.53. The molecule has 0 fully saturated rings. The number of thiophene rings is 1. The molecule has 5 rings (SSSR count). The topological polar surface area (TPSA) is 61.4 Å². The van der Waals surface area contributed by atoms with Crippen LogP contribution in [0.25, 0.3) is 27.2 Å². The van der Waals surface area contributed by atoms with Gasteiger partial charge in [-0.15, -0.1) is 11.3 Å². The molecule has 3 heterocycles. The molecule has 0 saturated heterocycles. The lowest BCUT2D eigenvalue weighted by atomic mass is 10.0. The molecular weight excluding hydrogens is 442 g/mol. The lowest BCUT2D eigenvalue weighted by Gasteiger charge is -2.14. The minimum atomic E-state index is -0.310. The maximum atomic E-state index is 14.3. The van der Waals surface area contributed by atoms with Crippen LogP contribution in [0.4, 0.5) is 8.78 Å². The summed E-state index contributed by atoms with van der Waals surface area (Å²) in [5.41, 5.74) is 4.43. The van der Waals surface area contributed by atoms with E-state index in [1.165, 1.54) is 29.5 Å². The molecule has 1 aliphatic rings. The molecule has 3 N–H and O–H groups in total. The second kappa shape index (κ2) is 8.51. The highest BCUT2D eigenvalue weighted by molar-refractivity contribution is 7.13. The highest BCUT2D eigenvalue weighted by Gasteiger charge is 2.16. The third kappa shape index (κ3) is 3.84. The first-order chi connectivity index (χ1) is 16.0. The van der Waals surface area contributed by atoms with Gasteiger partial charge in [0.1, 0.15) is 29.9 Å². The van der Waals surface area contributed by atoms with Gasteiger partial charge in [0, 0.05) is 28.1 Å². The summed E-state index contributed by atoms with van der Waals surface area (Å²) in [5.74, 6) is 0.976. The quantitative estimate of drug-likeness (QED) is 0.404. The van der Waals surface area contributed by atoms with Gasteiger partial charge in [0.25, 0.3) is 0 Å². The number of benzene rings is 2. The number of nitrogens with zero attached hydrogens (tertiary/aromatic N) is 1. The number of aromatic amines is 1. The number of H-pyrrole nitrogens is 1. The average Bonchev–Trinajstić information content (AvgIpc) is 3.39. The van der Waals surface area contributed by atoms with E-state index in [2.05, 4.69) is 20.6 Å². The Morgan fingerprint density at radius 2 is 2.00 bits per heavy atom. The molecule has 0 unspecified atom stereocenters.